The zero-order valence-electron chi connectivity index (χ0n) is 16.3. The molecule has 1 N–H and O–H groups in total. The second-order valence-electron chi connectivity index (χ2n) is 6.39. The maximum Gasteiger partial charge on any atom is 0.157 e. The smallest absolute Gasteiger partial charge is 0.157 e. The third-order valence-corrected chi connectivity index (χ3v) is 3.92. The maximum absolute atomic E-state index is 9.27. The summed E-state index contributed by atoms with van der Waals surface area (Å²) in [5, 5.41) is 9.27. The lowest BCUT2D eigenvalue weighted by Gasteiger charge is -2.26. The highest BCUT2D eigenvalue weighted by Gasteiger charge is 2.19. The Kier molecular flexibility index (Phi) is 14.8. The summed E-state index contributed by atoms with van der Waals surface area (Å²) < 4.78 is 10.8. The molecule has 0 atom stereocenters. The summed E-state index contributed by atoms with van der Waals surface area (Å²) in [7, 11) is 0. The van der Waals surface area contributed by atoms with E-state index in [-0.39, 0.29) is 6.29 Å². The lowest BCUT2D eigenvalue weighted by atomic mass is 10.2. The molecule has 0 aromatic heterocycles. The van der Waals surface area contributed by atoms with Crippen LogP contribution in [0.1, 0.15) is 58.3 Å². The normalized spacial score (nSPS) is 22.1. The van der Waals surface area contributed by atoms with Crippen LogP contribution in [0.3, 0.4) is 0 Å². The minimum atomic E-state index is -0.461. The van der Waals surface area contributed by atoms with Crippen molar-refractivity contribution in [1.29, 1.82) is 0 Å². The molecule has 1 aliphatic rings. The molecule has 0 aliphatic carbocycles. The van der Waals surface area contributed by atoms with E-state index in [0.29, 0.717) is 13.2 Å². The third kappa shape index (κ3) is 13.8. The van der Waals surface area contributed by atoms with E-state index in [4.69, 9.17) is 9.47 Å². The first-order valence-electron chi connectivity index (χ1n) is 9.99. The summed E-state index contributed by atoms with van der Waals surface area (Å²) >= 11 is 0. The lowest BCUT2D eigenvalue weighted by molar-refractivity contribution is -0.218. The number of rotatable bonds is 13. The molecule has 26 heavy (non-hydrogen) atoms. The van der Waals surface area contributed by atoms with Gasteiger partial charge in [0.25, 0.3) is 0 Å². The number of unbranched alkanes of at least 4 members (excludes halogenated alkanes) is 1. The standard InChI is InChI=1S/C23H36O3/c1-2-3-4-5-6-7-8-9-10-11-12-13-14-15-16-17-18-19-23-25-20-22(24)21-26-23/h3-4,6-7,9-10,12-13,15-16,22-24H,2,5,8,11,14,17-21H2,1H3/b4-3-,7-6-,10-9-,13-12-,16-15-/t22-,23+. The highest BCUT2D eigenvalue weighted by atomic mass is 16.7. The van der Waals surface area contributed by atoms with Gasteiger partial charge in [0.15, 0.2) is 6.29 Å². The molecule has 3 nitrogen and oxygen atoms in total. The summed E-state index contributed by atoms with van der Waals surface area (Å²) in [6, 6.07) is 0. The molecule has 1 saturated heterocycles. The molecule has 1 rings (SSSR count). The van der Waals surface area contributed by atoms with E-state index in [1.165, 1.54) is 0 Å². The van der Waals surface area contributed by atoms with Crippen LogP contribution in [0.2, 0.25) is 0 Å². The minimum absolute atomic E-state index is 0.138. The van der Waals surface area contributed by atoms with Gasteiger partial charge in [-0.05, 0) is 51.4 Å². The van der Waals surface area contributed by atoms with Crippen LogP contribution in [0, 0.1) is 0 Å². The van der Waals surface area contributed by atoms with Gasteiger partial charge in [-0.15, -0.1) is 0 Å². The van der Waals surface area contributed by atoms with Gasteiger partial charge in [0.05, 0.1) is 13.2 Å². The molecule has 1 heterocycles. The monoisotopic (exact) mass is 360 g/mol. The van der Waals surface area contributed by atoms with Crippen molar-refractivity contribution < 1.29 is 14.6 Å². The van der Waals surface area contributed by atoms with E-state index in [1.54, 1.807) is 0 Å². The Hall–Kier alpha value is -1.42. The first-order chi connectivity index (χ1) is 12.8. The first-order valence-corrected chi connectivity index (χ1v) is 9.99. The number of hydrogen-bond donors (Lipinski definition) is 1. The Bertz CT molecular complexity index is 452. The Morgan fingerprint density at radius 2 is 1.19 bits per heavy atom. The fourth-order valence-electron chi connectivity index (χ4n) is 2.47. The molecular weight excluding hydrogens is 324 g/mol. The summed E-state index contributed by atoms with van der Waals surface area (Å²) in [6.07, 6.45) is 29.7. The van der Waals surface area contributed by atoms with Crippen LogP contribution >= 0.6 is 0 Å². The molecule has 0 saturated carbocycles. The highest BCUT2D eigenvalue weighted by Crippen LogP contribution is 2.12. The van der Waals surface area contributed by atoms with Gasteiger partial charge in [0.1, 0.15) is 6.10 Å². The fourth-order valence-corrected chi connectivity index (χ4v) is 2.47. The van der Waals surface area contributed by atoms with Crippen LogP contribution in [0.4, 0.5) is 0 Å². The molecule has 146 valence electrons. The number of aliphatic hydroxyl groups is 1. The minimum Gasteiger partial charge on any atom is -0.388 e. The molecule has 0 aromatic rings. The number of aliphatic hydroxyl groups excluding tert-OH is 1. The van der Waals surface area contributed by atoms with Crippen LogP contribution in [-0.4, -0.2) is 30.7 Å². The predicted octanol–water partition coefficient (Wildman–Crippen LogP) is 5.64. The second kappa shape index (κ2) is 17.0. The van der Waals surface area contributed by atoms with Gasteiger partial charge >= 0.3 is 0 Å². The van der Waals surface area contributed by atoms with E-state index in [2.05, 4.69) is 67.7 Å². The SMILES string of the molecule is CC/C=C\C/C=C\C/C=C\C/C=C\C/C=C\CCC[C@H]1OC[C@@H](O)CO1. The van der Waals surface area contributed by atoms with Crippen molar-refractivity contribution in [2.75, 3.05) is 13.2 Å². The average molecular weight is 361 g/mol. The number of allylic oxidation sites excluding steroid dienone is 10. The molecule has 0 bridgehead atoms. The number of ether oxygens (including phenoxy) is 2. The maximum atomic E-state index is 9.27. The van der Waals surface area contributed by atoms with Crippen LogP contribution < -0.4 is 0 Å². The van der Waals surface area contributed by atoms with Gasteiger partial charge in [-0.1, -0.05) is 67.7 Å². The molecule has 0 unspecified atom stereocenters. The molecule has 0 radical (unpaired) electrons. The molecule has 3 heteroatoms. The van der Waals surface area contributed by atoms with Crippen LogP contribution in [0.5, 0.6) is 0 Å². The molecule has 1 fully saturated rings. The zero-order valence-corrected chi connectivity index (χ0v) is 16.3. The van der Waals surface area contributed by atoms with Crippen LogP contribution in [-0.2, 0) is 9.47 Å². The summed E-state index contributed by atoms with van der Waals surface area (Å²) in [6.45, 7) is 2.95. The van der Waals surface area contributed by atoms with Gasteiger partial charge in [-0.25, -0.2) is 0 Å². The van der Waals surface area contributed by atoms with E-state index in [1.807, 2.05) is 0 Å². The Balaban J connectivity index is 1.91. The van der Waals surface area contributed by atoms with Gasteiger partial charge in [0, 0.05) is 0 Å². The average Bonchev–Trinajstić information content (AvgIpc) is 2.66. The molecule has 0 aromatic carbocycles. The van der Waals surface area contributed by atoms with Crippen LogP contribution in [0.25, 0.3) is 0 Å². The summed E-state index contributed by atoms with van der Waals surface area (Å²) in [4.78, 5) is 0. The van der Waals surface area contributed by atoms with Crippen molar-refractivity contribution >= 4 is 0 Å². The number of hydrogen-bond acceptors (Lipinski definition) is 3. The topological polar surface area (TPSA) is 38.7 Å². The highest BCUT2D eigenvalue weighted by molar-refractivity contribution is 5.00. The summed E-state index contributed by atoms with van der Waals surface area (Å²) in [5.41, 5.74) is 0. The lowest BCUT2D eigenvalue weighted by Crippen LogP contribution is -2.35. The van der Waals surface area contributed by atoms with Crippen molar-refractivity contribution in [2.24, 2.45) is 0 Å². The van der Waals surface area contributed by atoms with E-state index >= 15 is 0 Å². The Morgan fingerprint density at radius 1 is 0.731 bits per heavy atom. The van der Waals surface area contributed by atoms with Crippen molar-refractivity contribution in [3.05, 3.63) is 60.8 Å². The molecule has 1 aliphatic heterocycles. The Labute approximate surface area is 159 Å². The van der Waals surface area contributed by atoms with Gasteiger partial charge in [-0.2, -0.15) is 0 Å². The zero-order chi connectivity index (χ0) is 18.7. The van der Waals surface area contributed by atoms with Crippen LogP contribution in [0.15, 0.2) is 60.8 Å². The van der Waals surface area contributed by atoms with Crippen molar-refractivity contribution in [1.82, 2.24) is 0 Å². The van der Waals surface area contributed by atoms with Gasteiger partial charge in [0.2, 0.25) is 0 Å². The van der Waals surface area contributed by atoms with Gasteiger partial charge < -0.3 is 14.6 Å². The third-order valence-electron chi connectivity index (χ3n) is 3.92. The fraction of sp³-hybridized carbons (Fsp3) is 0.565. The summed E-state index contributed by atoms with van der Waals surface area (Å²) in [5.74, 6) is 0. The van der Waals surface area contributed by atoms with E-state index < -0.39 is 6.10 Å². The quantitative estimate of drug-likeness (QED) is 0.341. The van der Waals surface area contributed by atoms with Gasteiger partial charge in [-0.3, -0.25) is 0 Å². The van der Waals surface area contributed by atoms with Crippen molar-refractivity contribution in [3.63, 3.8) is 0 Å². The first kappa shape index (κ1) is 22.6. The van der Waals surface area contributed by atoms with E-state index in [0.717, 1.165) is 51.4 Å². The van der Waals surface area contributed by atoms with E-state index in [9.17, 15) is 5.11 Å². The largest absolute Gasteiger partial charge is 0.388 e. The molecular formula is C23H36O3. The molecule has 0 amide bonds. The second-order valence-corrected chi connectivity index (χ2v) is 6.39. The molecule has 0 spiro atoms. The predicted molar refractivity (Wildman–Crippen MR) is 110 cm³/mol. The Morgan fingerprint density at radius 3 is 1.69 bits per heavy atom. The van der Waals surface area contributed by atoms with Crippen molar-refractivity contribution in [2.45, 2.75) is 70.7 Å². The van der Waals surface area contributed by atoms with Crippen molar-refractivity contribution in [3.8, 4) is 0 Å².